The molecule has 21 heavy (non-hydrogen) atoms. The predicted molar refractivity (Wildman–Crippen MR) is 71.4 cm³/mol. The van der Waals surface area contributed by atoms with Crippen LogP contribution in [0.5, 0.6) is 0 Å². The van der Waals surface area contributed by atoms with Gasteiger partial charge in [-0.2, -0.15) is 0 Å². The van der Waals surface area contributed by atoms with Gasteiger partial charge in [0.2, 0.25) is 5.78 Å². The van der Waals surface area contributed by atoms with E-state index in [1.165, 1.54) is 0 Å². The number of ether oxygens (including phenoxy) is 3. The molecule has 0 saturated heterocycles. The largest absolute Gasteiger partial charge is 0.462 e. The lowest BCUT2D eigenvalue weighted by Gasteiger charge is -2.10. The molecule has 1 unspecified atom stereocenters. The number of alkyl carbamates (subject to hydrolysis) is 1. The Kier molecular flexibility index (Phi) is 9.57. The van der Waals surface area contributed by atoms with E-state index < -0.39 is 17.8 Å². The fourth-order valence-electron chi connectivity index (χ4n) is 1.04. The van der Waals surface area contributed by atoms with Crippen LogP contribution in [0.15, 0.2) is 0 Å². The van der Waals surface area contributed by atoms with Crippen LogP contribution < -0.4 is 5.32 Å². The molecule has 0 aliphatic rings. The maximum atomic E-state index is 11.3. The van der Waals surface area contributed by atoms with Gasteiger partial charge in [0, 0.05) is 6.92 Å². The maximum absolute atomic E-state index is 11.3. The average Bonchev–Trinajstić information content (AvgIpc) is 2.46. The summed E-state index contributed by atoms with van der Waals surface area (Å²) >= 11 is 0. The summed E-state index contributed by atoms with van der Waals surface area (Å²) < 4.78 is 14.1. The first kappa shape index (κ1) is 18.9. The number of esters is 2. The number of rotatable bonds is 9. The summed E-state index contributed by atoms with van der Waals surface area (Å²) in [5.74, 6) is -2.18. The topological polar surface area (TPSA) is 108 Å². The molecule has 1 N–H and O–H groups in total. The van der Waals surface area contributed by atoms with Crippen molar-refractivity contribution in [2.45, 2.75) is 27.2 Å². The second-order valence-corrected chi connectivity index (χ2v) is 4.23. The van der Waals surface area contributed by atoms with Crippen LogP contribution in [0.3, 0.4) is 0 Å². The Labute approximate surface area is 123 Å². The number of carbonyl (C=O) groups excluding carboxylic acids is 4. The second kappa shape index (κ2) is 10.6. The van der Waals surface area contributed by atoms with Crippen molar-refractivity contribution in [1.82, 2.24) is 5.32 Å². The van der Waals surface area contributed by atoms with Crippen LogP contribution in [0.1, 0.15) is 27.2 Å². The lowest BCUT2D eigenvalue weighted by atomic mass is 10.1. The highest BCUT2D eigenvalue weighted by Crippen LogP contribution is 2.02. The summed E-state index contributed by atoms with van der Waals surface area (Å²) in [7, 11) is 0. The van der Waals surface area contributed by atoms with Crippen molar-refractivity contribution in [2.24, 2.45) is 5.92 Å². The number of amides is 1. The van der Waals surface area contributed by atoms with E-state index in [1.54, 1.807) is 6.92 Å². The number of hydrogen-bond acceptors (Lipinski definition) is 7. The summed E-state index contributed by atoms with van der Waals surface area (Å²) in [6.45, 7) is 4.51. The molecule has 0 fully saturated rings. The van der Waals surface area contributed by atoms with Gasteiger partial charge >= 0.3 is 18.0 Å². The third kappa shape index (κ3) is 9.42. The summed E-state index contributed by atoms with van der Waals surface area (Å²) in [4.78, 5) is 43.8. The molecule has 0 aliphatic heterocycles. The Morgan fingerprint density at radius 3 is 2.19 bits per heavy atom. The third-order valence-corrected chi connectivity index (χ3v) is 2.47. The second-order valence-electron chi connectivity index (χ2n) is 4.23. The molecule has 0 spiro atoms. The Morgan fingerprint density at radius 1 is 1.00 bits per heavy atom. The third-order valence-electron chi connectivity index (χ3n) is 2.47. The van der Waals surface area contributed by atoms with Gasteiger partial charge < -0.3 is 19.5 Å². The number of hydrogen-bond donors (Lipinski definition) is 1. The molecule has 120 valence electrons. The highest BCUT2D eigenvalue weighted by atomic mass is 16.6. The van der Waals surface area contributed by atoms with Crippen LogP contribution in [-0.4, -0.2) is 50.2 Å². The Hall–Kier alpha value is -2.12. The van der Waals surface area contributed by atoms with Gasteiger partial charge in [-0.1, -0.05) is 13.8 Å². The van der Waals surface area contributed by atoms with Gasteiger partial charge in [-0.15, -0.1) is 0 Å². The van der Waals surface area contributed by atoms with Crippen molar-refractivity contribution in [3.05, 3.63) is 0 Å². The first-order valence-electron chi connectivity index (χ1n) is 6.63. The zero-order valence-corrected chi connectivity index (χ0v) is 12.5. The molecular formula is C13H21NO7. The predicted octanol–water partition coefficient (Wildman–Crippen LogP) is 0.434. The van der Waals surface area contributed by atoms with Gasteiger partial charge in [-0.05, 0) is 6.42 Å². The number of Topliss-reactive ketones (excluding diaryl/α,β-unsaturated/α-hetero) is 1. The molecule has 0 radical (unpaired) electrons. The molecule has 8 heteroatoms. The molecule has 0 bridgehead atoms. The van der Waals surface area contributed by atoms with Crippen molar-refractivity contribution in [1.29, 1.82) is 0 Å². The summed E-state index contributed by atoms with van der Waals surface area (Å²) in [5, 5.41) is 2.31. The molecule has 8 nitrogen and oxygen atoms in total. The van der Waals surface area contributed by atoms with Crippen LogP contribution in [0.2, 0.25) is 0 Å². The molecule has 0 heterocycles. The van der Waals surface area contributed by atoms with Crippen LogP contribution in [0, 0.1) is 5.92 Å². The first-order valence-corrected chi connectivity index (χ1v) is 6.63. The van der Waals surface area contributed by atoms with E-state index in [2.05, 4.69) is 10.1 Å². The van der Waals surface area contributed by atoms with Crippen LogP contribution in [-0.2, 0) is 28.6 Å². The fourth-order valence-corrected chi connectivity index (χ4v) is 1.04. The van der Waals surface area contributed by atoms with E-state index >= 15 is 0 Å². The molecule has 1 amide bonds. The van der Waals surface area contributed by atoms with Crippen LogP contribution in [0.4, 0.5) is 4.79 Å². The van der Waals surface area contributed by atoms with Gasteiger partial charge in [0.15, 0.2) is 0 Å². The van der Waals surface area contributed by atoms with Crippen LogP contribution >= 0.6 is 0 Å². The summed E-state index contributed by atoms with van der Waals surface area (Å²) in [6, 6.07) is 0. The standard InChI is InChI=1S/C13H21NO7/c1-4-9(2)11(16)20-7-8-21-13(18)14-5-6-19-12(17)10(3)15/h9H,4-8H2,1-3H3,(H,14,18). The van der Waals surface area contributed by atoms with E-state index in [-0.39, 0.29) is 38.3 Å². The van der Waals surface area contributed by atoms with Crippen LogP contribution in [0.25, 0.3) is 0 Å². The van der Waals surface area contributed by atoms with Crippen molar-refractivity contribution >= 4 is 23.8 Å². The minimum Gasteiger partial charge on any atom is -0.462 e. The average molecular weight is 303 g/mol. The first-order chi connectivity index (χ1) is 9.88. The highest BCUT2D eigenvalue weighted by molar-refractivity contribution is 6.32. The van der Waals surface area contributed by atoms with Crippen molar-refractivity contribution in [3.63, 3.8) is 0 Å². The van der Waals surface area contributed by atoms with Gasteiger partial charge in [0.25, 0.3) is 0 Å². The molecule has 0 aromatic rings. The Balaban J connectivity index is 3.57. The van der Waals surface area contributed by atoms with E-state index in [1.807, 2.05) is 6.92 Å². The van der Waals surface area contributed by atoms with E-state index in [0.717, 1.165) is 6.92 Å². The smallest absolute Gasteiger partial charge is 0.407 e. The zero-order valence-electron chi connectivity index (χ0n) is 12.5. The van der Waals surface area contributed by atoms with E-state index in [4.69, 9.17) is 9.47 Å². The molecule has 0 aromatic heterocycles. The Bertz CT molecular complexity index is 381. The summed E-state index contributed by atoms with van der Waals surface area (Å²) in [6.07, 6.45) is -0.0486. The van der Waals surface area contributed by atoms with Gasteiger partial charge in [0.1, 0.15) is 19.8 Å². The van der Waals surface area contributed by atoms with Crippen molar-refractivity contribution in [2.75, 3.05) is 26.4 Å². The molecule has 0 aromatic carbocycles. The molecule has 0 aliphatic carbocycles. The van der Waals surface area contributed by atoms with Gasteiger partial charge in [0.05, 0.1) is 12.5 Å². The molecule has 0 rings (SSSR count). The maximum Gasteiger partial charge on any atom is 0.407 e. The van der Waals surface area contributed by atoms with Gasteiger partial charge in [-0.25, -0.2) is 9.59 Å². The summed E-state index contributed by atoms with van der Waals surface area (Å²) in [5.41, 5.74) is 0. The number of carbonyl (C=O) groups is 4. The lowest BCUT2D eigenvalue weighted by molar-refractivity contribution is -0.152. The van der Waals surface area contributed by atoms with E-state index in [9.17, 15) is 19.2 Å². The number of nitrogens with one attached hydrogen (secondary N) is 1. The quantitative estimate of drug-likeness (QED) is 0.285. The monoisotopic (exact) mass is 303 g/mol. The van der Waals surface area contributed by atoms with E-state index in [0.29, 0.717) is 6.42 Å². The SMILES string of the molecule is CCC(C)C(=O)OCCOC(=O)NCCOC(=O)C(C)=O. The molecule has 0 saturated carbocycles. The highest BCUT2D eigenvalue weighted by Gasteiger charge is 2.12. The lowest BCUT2D eigenvalue weighted by Crippen LogP contribution is -2.30. The van der Waals surface area contributed by atoms with Crippen molar-refractivity contribution < 1.29 is 33.4 Å². The number of ketones is 1. The minimum atomic E-state index is -0.956. The molecular weight excluding hydrogens is 282 g/mol. The normalized spacial score (nSPS) is 11.2. The molecule has 1 atom stereocenters. The van der Waals surface area contributed by atoms with Crippen molar-refractivity contribution in [3.8, 4) is 0 Å². The minimum absolute atomic E-state index is 0.0179. The Morgan fingerprint density at radius 2 is 1.62 bits per heavy atom. The zero-order chi connectivity index (χ0) is 16.3. The van der Waals surface area contributed by atoms with Gasteiger partial charge in [-0.3, -0.25) is 9.59 Å². The fraction of sp³-hybridized carbons (Fsp3) is 0.692.